The zero-order valence-electron chi connectivity index (χ0n) is 21.9. The van der Waals surface area contributed by atoms with Crippen molar-refractivity contribution in [3.63, 3.8) is 0 Å². The highest BCUT2D eigenvalue weighted by Gasteiger charge is 2.30. The van der Waals surface area contributed by atoms with Crippen molar-refractivity contribution in [3.8, 4) is 17.0 Å². The molecule has 3 aromatic carbocycles. The fraction of sp³-hybridized carbons (Fsp3) is 0.303. The zero-order valence-corrected chi connectivity index (χ0v) is 21.9. The molecule has 0 atom stereocenters. The Morgan fingerprint density at radius 1 is 0.821 bits per heavy atom. The van der Waals surface area contributed by atoms with Gasteiger partial charge in [0, 0.05) is 35.8 Å². The summed E-state index contributed by atoms with van der Waals surface area (Å²) in [6.45, 7) is 6.54. The van der Waals surface area contributed by atoms with E-state index in [-0.39, 0.29) is 6.61 Å². The topological polar surface area (TPSA) is 25.4 Å². The molecule has 1 saturated heterocycles. The fourth-order valence-corrected chi connectivity index (χ4v) is 5.73. The van der Waals surface area contributed by atoms with Gasteiger partial charge in [-0.15, -0.1) is 0 Å². The predicted molar refractivity (Wildman–Crippen MR) is 149 cm³/mol. The molecule has 1 fully saturated rings. The SMILES string of the molecule is C=C(c1cc(OCc2ccc(C(F)(F)F)cc2)nc2ccc(-c3ccc4c(c3)CCC4)cc12)N1CCCCC1. The third kappa shape index (κ3) is 5.38. The first-order valence-electron chi connectivity index (χ1n) is 13.7. The molecule has 0 saturated carbocycles. The van der Waals surface area contributed by atoms with E-state index in [2.05, 4.69) is 41.8 Å². The van der Waals surface area contributed by atoms with E-state index in [0.717, 1.165) is 78.6 Å². The first kappa shape index (κ1) is 25.5. The van der Waals surface area contributed by atoms with E-state index in [1.807, 2.05) is 12.1 Å². The molecular weight excluding hydrogens is 497 g/mol. The molecule has 1 aliphatic carbocycles. The Morgan fingerprint density at radius 3 is 2.31 bits per heavy atom. The highest BCUT2D eigenvalue weighted by molar-refractivity contribution is 5.94. The number of ether oxygens (including phenoxy) is 1. The molecule has 0 spiro atoms. The molecule has 2 heterocycles. The Morgan fingerprint density at radius 2 is 1.54 bits per heavy atom. The maximum absolute atomic E-state index is 12.9. The maximum Gasteiger partial charge on any atom is 0.416 e. The van der Waals surface area contributed by atoms with Gasteiger partial charge in [0.1, 0.15) is 6.61 Å². The average Bonchev–Trinajstić information content (AvgIpc) is 3.43. The summed E-state index contributed by atoms with van der Waals surface area (Å²) in [4.78, 5) is 7.10. The molecule has 0 unspecified atom stereocenters. The van der Waals surface area contributed by atoms with Crippen LogP contribution in [0.4, 0.5) is 13.2 Å². The van der Waals surface area contributed by atoms with Crippen molar-refractivity contribution in [1.82, 2.24) is 9.88 Å². The molecular formula is C33H31F3N2O. The first-order valence-corrected chi connectivity index (χ1v) is 13.7. The maximum atomic E-state index is 12.9. The molecule has 3 nitrogen and oxygen atoms in total. The lowest BCUT2D eigenvalue weighted by Gasteiger charge is -2.31. The van der Waals surface area contributed by atoms with E-state index < -0.39 is 11.7 Å². The fourth-order valence-electron chi connectivity index (χ4n) is 5.73. The van der Waals surface area contributed by atoms with Gasteiger partial charge in [0.15, 0.2) is 0 Å². The highest BCUT2D eigenvalue weighted by Crippen LogP contribution is 2.35. The Hall–Kier alpha value is -3.80. The van der Waals surface area contributed by atoms with Crippen LogP contribution in [0.3, 0.4) is 0 Å². The van der Waals surface area contributed by atoms with Gasteiger partial charge >= 0.3 is 6.18 Å². The highest BCUT2D eigenvalue weighted by atomic mass is 19.4. The number of rotatable bonds is 6. The molecule has 2 aliphatic rings. The quantitative estimate of drug-likeness (QED) is 0.251. The van der Waals surface area contributed by atoms with Crippen LogP contribution in [0.5, 0.6) is 5.88 Å². The summed E-state index contributed by atoms with van der Waals surface area (Å²) in [6.07, 6.45) is 2.66. The van der Waals surface area contributed by atoms with E-state index in [9.17, 15) is 13.2 Å². The van der Waals surface area contributed by atoms with E-state index in [4.69, 9.17) is 9.72 Å². The largest absolute Gasteiger partial charge is 0.473 e. The minimum atomic E-state index is -4.36. The molecule has 200 valence electrons. The zero-order chi connectivity index (χ0) is 27.0. The van der Waals surface area contributed by atoms with E-state index >= 15 is 0 Å². The van der Waals surface area contributed by atoms with Crippen LogP contribution in [0.15, 0.2) is 73.3 Å². The van der Waals surface area contributed by atoms with Crippen LogP contribution in [0.1, 0.15) is 53.5 Å². The Balaban J connectivity index is 1.34. The molecule has 1 aromatic heterocycles. The second-order valence-corrected chi connectivity index (χ2v) is 10.6. The van der Waals surface area contributed by atoms with Crippen molar-refractivity contribution in [3.05, 3.63) is 101 Å². The van der Waals surface area contributed by atoms with Crippen molar-refractivity contribution in [2.75, 3.05) is 13.1 Å². The number of piperidine rings is 1. The number of aryl methyl sites for hydroxylation is 2. The standard InChI is InChI=1S/C33H31F3N2O/c1-22(38-16-3-2-4-17-38)29-20-32(39-21-23-8-13-28(14-9-23)33(34,35)36)37-31-15-12-27(19-30(29)31)26-11-10-24-6-5-7-25(24)18-26/h8-15,18-20H,1-7,16-17,21H2. The lowest BCUT2D eigenvalue weighted by Crippen LogP contribution is -2.27. The van der Waals surface area contributed by atoms with Crippen LogP contribution < -0.4 is 4.74 Å². The second kappa shape index (κ2) is 10.4. The molecule has 0 bridgehead atoms. The predicted octanol–water partition coefficient (Wildman–Crippen LogP) is 8.44. The number of hydrogen-bond donors (Lipinski definition) is 0. The molecule has 0 N–H and O–H groups in total. The third-order valence-corrected chi connectivity index (χ3v) is 7.93. The van der Waals surface area contributed by atoms with Crippen molar-refractivity contribution < 1.29 is 17.9 Å². The minimum absolute atomic E-state index is 0.124. The summed E-state index contributed by atoms with van der Waals surface area (Å²) in [5.74, 6) is 0.431. The van der Waals surface area contributed by atoms with E-state index in [0.29, 0.717) is 11.4 Å². The number of halogens is 3. The summed E-state index contributed by atoms with van der Waals surface area (Å²) in [7, 11) is 0. The summed E-state index contributed by atoms with van der Waals surface area (Å²) in [5.41, 5.74) is 7.95. The normalized spacial score (nSPS) is 15.4. The summed E-state index contributed by atoms with van der Waals surface area (Å²) in [6, 6.07) is 20.1. The number of alkyl halides is 3. The van der Waals surface area contributed by atoms with Crippen LogP contribution >= 0.6 is 0 Å². The lowest BCUT2D eigenvalue weighted by atomic mass is 9.97. The molecule has 6 heteroatoms. The lowest BCUT2D eigenvalue weighted by molar-refractivity contribution is -0.137. The molecule has 6 rings (SSSR count). The molecule has 4 aromatic rings. The van der Waals surface area contributed by atoms with Crippen LogP contribution in [0.25, 0.3) is 27.7 Å². The third-order valence-electron chi connectivity index (χ3n) is 7.93. The van der Waals surface area contributed by atoms with Crippen molar-refractivity contribution in [1.29, 1.82) is 0 Å². The summed E-state index contributed by atoms with van der Waals surface area (Å²) in [5, 5.41) is 1.02. The van der Waals surface area contributed by atoms with Crippen molar-refractivity contribution in [2.45, 2.75) is 51.3 Å². The summed E-state index contributed by atoms with van der Waals surface area (Å²) >= 11 is 0. The van der Waals surface area contributed by atoms with E-state index in [1.165, 1.54) is 41.7 Å². The average molecular weight is 529 g/mol. The second-order valence-electron chi connectivity index (χ2n) is 10.6. The number of likely N-dealkylation sites (tertiary alicyclic amines) is 1. The summed E-state index contributed by atoms with van der Waals surface area (Å²) < 4.78 is 44.8. The Bertz CT molecular complexity index is 1520. The van der Waals surface area contributed by atoms with Gasteiger partial charge in [-0.2, -0.15) is 13.2 Å². The van der Waals surface area contributed by atoms with Gasteiger partial charge < -0.3 is 9.64 Å². The molecule has 39 heavy (non-hydrogen) atoms. The van der Waals surface area contributed by atoms with Gasteiger partial charge in [-0.1, -0.05) is 43.0 Å². The molecule has 0 amide bonds. The Kier molecular flexibility index (Phi) is 6.79. The number of benzene rings is 3. The monoisotopic (exact) mass is 528 g/mol. The van der Waals surface area contributed by atoms with Gasteiger partial charge in [0.25, 0.3) is 0 Å². The minimum Gasteiger partial charge on any atom is -0.473 e. The van der Waals surface area contributed by atoms with Crippen LogP contribution in [0.2, 0.25) is 0 Å². The smallest absolute Gasteiger partial charge is 0.416 e. The number of fused-ring (bicyclic) bond motifs is 2. The van der Waals surface area contributed by atoms with Gasteiger partial charge in [0.05, 0.1) is 11.1 Å². The molecule has 0 radical (unpaired) electrons. The van der Waals surface area contributed by atoms with Gasteiger partial charge in [-0.05, 0) is 90.6 Å². The number of aromatic nitrogens is 1. The number of hydrogen-bond acceptors (Lipinski definition) is 3. The van der Waals surface area contributed by atoms with Crippen LogP contribution in [-0.2, 0) is 25.6 Å². The molecule has 1 aliphatic heterocycles. The van der Waals surface area contributed by atoms with Gasteiger partial charge in [-0.25, -0.2) is 4.98 Å². The van der Waals surface area contributed by atoms with Crippen molar-refractivity contribution >= 4 is 16.6 Å². The van der Waals surface area contributed by atoms with Gasteiger partial charge in [-0.3, -0.25) is 0 Å². The van der Waals surface area contributed by atoms with Gasteiger partial charge in [0.2, 0.25) is 5.88 Å². The Labute approximate surface area is 226 Å². The van der Waals surface area contributed by atoms with Crippen molar-refractivity contribution in [2.24, 2.45) is 0 Å². The first-order chi connectivity index (χ1) is 18.8. The van der Waals surface area contributed by atoms with Crippen LogP contribution in [0, 0.1) is 0 Å². The van der Waals surface area contributed by atoms with Crippen LogP contribution in [-0.4, -0.2) is 23.0 Å². The number of pyridine rings is 1. The number of nitrogens with zero attached hydrogens (tertiary/aromatic N) is 2. The van der Waals surface area contributed by atoms with E-state index in [1.54, 1.807) is 0 Å².